The van der Waals surface area contributed by atoms with Crippen molar-refractivity contribution in [3.63, 3.8) is 0 Å². The third-order valence-electron chi connectivity index (χ3n) is 6.81. The van der Waals surface area contributed by atoms with Gasteiger partial charge in [0.25, 0.3) is 0 Å². The molecular weight excluding hydrogens is 548 g/mol. The maximum absolute atomic E-state index is 13.0. The number of carbonyl (C=O) groups is 3. The molecule has 2 heterocycles. The third-order valence-corrected chi connectivity index (χ3v) is 6.81. The summed E-state index contributed by atoms with van der Waals surface area (Å²) in [5, 5.41) is 14.2. The summed E-state index contributed by atoms with van der Waals surface area (Å²) in [4.78, 5) is 44.8. The summed E-state index contributed by atoms with van der Waals surface area (Å²) in [6.07, 6.45) is 0.752. The second-order valence-electron chi connectivity index (χ2n) is 9.98. The number of benzene rings is 3. The Bertz CT molecular complexity index is 1540. The number of nitrogens with one attached hydrogen (secondary N) is 1. The van der Waals surface area contributed by atoms with Gasteiger partial charge in [-0.3, -0.25) is 9.69 Å². The number of anilines is 4. The topological polar surface area (TPSA) is 124 Å². The molecule has 1 aliphatic heterocycles. The van der Waals surface area contributed by atoms with Crippen molar-refractivity contribution in [3.8, 4) is 5.75 Å². The van der Waals surface area contributed by atoms with E-state index >= 15 is 0 Å². The number of nitrogens with zero attached hydrogens (tertiary/aromatic N) is 3. The molecule has 10 nitrogen and oxygen atoms in total. The number of pyridine rings is 1. The van der Waals surface area contributed by atoms with Gasteiger partial charge in [0.15, 0.2) is 0 Å². The first-order valence-corrected chi connectivity index (χ1v) is 14.0. The molecule has 5 rings (SSSR count). The summed E-state index contributed by atoms with van der Waals surface area (Å²) in [7, 11) is 0. The number of hydrogen-bond donors (Lipinski definition) is 1. The Morgan fingerprint density at radius 1 is 0.977 bits per heavy atom. The van der Waals surface area contributed by atoms with Gasteiger partial charge in [0.1, 0.15) is 24.3 Å². The number of ether oxygens (including phenoxy) is 2. The molecule has 220 valence electrons. The number of para-hydroxylation sites is 1. The van der Waals surface area contributed by atoms with Crippen LogP contribution in [0.3, 0.4) is 0 Å². The quantitative estimate of drug-likeness (QED) is 0.272. The first-order chi connectivity index (χ1) is 21.0. The molecule has 3 aromatic carbocycles. The van der Waals surface area contributed by atoms with Crippen LogP contribution in [0.2, 0.25) is 0 Å². The molecule has 1 N–H and O–H groups in total. The summed E-state index contributed by atoms with van der Waals surface area (Å²) in [5.41, 5.74) is 3.01. The zero-order valence-electron chi connectivity index (χ0n) is 23.4. The first-order valence-electron chi connectivity index (χ1n) is 14.0. The standard InChI is InChI=1S/C33H32N4O6/c38-31(15-9-19-36(30-14-7-8-18-34-30)33(41)42-23-24-10-3-1-4-11-24)35-25-16-17-29-28(20-25)37(26-12-5-2-6-13-26)22-27(43-29)21-32(39)40/h1-8,10-14,16-18,20,27H,9,15,19,21-23H2,(H,35,38)(H,39,40)/p-1. The van der Waals surface area contributed by atoms with E-state index in [-0.39, 0.29) is 31.9 Å². The van der Waals surface area contributed by atoms with Gasteiger partial charge in [0.2, 0.25) is 5.91 Å². The zero-order chi connectivity index (χ0) is 30.0. The fourth-order valence-corrected chi connectivity index (χ4v) is 4.80. The smallest absolute Gasteiger partial charge is 0.415 e. The molecular formula is C33H31N4O6-. The average Bonchev–Trinajstić information content (AvgIpc) is 3.03. The second kappa shape index (κ2) is 14.0. The van der Waals surface area contributed by atoms with E-state index in [0.717, 1.165) is 11.3 Å². The lowest BCUT2D eigenvalue weighted by atomic mass is 10.1. The number of rotatable bonds is 11. The molecule has 0 radical (unpaired) electrons. The van der Waals surface area contributed by atoms with Gasteiger partial charge >= 0.3 is 6.09 Å². The fourth-order valence-electron chi connectivity index (χ4n) is 4.80. The predicted octanol–water partition coefficient (Wildman–Crippen LogP) is 4.68. The summed E-state index contributed by atoms with van der Waals surface area (Å²) >= 11 is 0. The predicted molar refractivity (Wildman–Crippen MR) is 160 cm³/mol. The highest BCUT2D eigenvalue weighted by Gasteiger charge is 2.27. The lowest BCUT2D eigenvalue weighted by molar-refractivity contribution is -0.307. The maximum atomic E-state index is 13.0. The van der Waals surface area contributed by atoms with Crippen molar-refractivity contribution < 1.29 is 29.0 Å². The summed E-state index contributed by atoms with van der Waals surface area (Å²) in [6.45, 7) is 0.670. The van der Waals surface area contributed by atoms with Gasteiger partial charge in [-0.15, -0.1) is 0 Å². The molecule has 0 aliphatic carbocycles. The van der Waals surface area contributed by atoms with Crippen molar-refractivity contribution in [2.45, 2.75) is 32.0 Å². The van der Waals surface area contributed by atoms with Gasteiger partial charge < -0.3 is 29.6 Å². The van der Waals surface area contributed by atoms with Crippen LogP contribution in [0.15, 0.2) is 103 Å². The summed E-state index contributed by atoms with van der Waals surface area (Å²) in [5.74, 6) is -0.458. The van der Waals surface area contributed by atoms with Crippen LogP contribution in [0, 0.1) is 0 Å². The highest BCUT2D eigenvalue weighted by atomic mass is 16.6. The Hall–Kier alpha value is -5.38. The van der Waals surface area contributed by atoms with Gasteiger partial charge in [-0.2, -0.15) is 0 Å². The largest absolute Gasteiger partial charge is 0.550 e. The van der Waals surface area contributed by atoms with Crippen LogP contribution in [-0.4, -0.2) is 42.1 Å². The van der Waals surface area contributed by atoms with E-state index < -0.39 is 18.2 Å². The Kier molecular flexibility index (Phi) is 9.48. The van der Waals surface area contributed by atoms with Gasteiger partial charge in [-0.1, -0.05) is 54.6 Å². The molecule has 0 spiro atoms. The van der Waals surface area contributed by atoms with E-state index in [1.807, 2.05) is 65.6 Å². The molecule has 43 heavy (non-hydrogen) atoms. The second-order valence-corrected chi connectivity index (χ2v) is 9.98. The molecule has 1 aromatic heterocycles. The monoisotopic (exact) mass is 579 g/mol. The van der Waals surface area contributed by atoms with Gasteiger partial charge in [-0.25, -0.2) is 9.78 Å². The Morgan fingerprint density at radius 3 is 2.44 bits per heavy atom. The first kappa shape index (κ1) is 29.1. The van der Waals surface area contributed by atoms with Gasteiger partial charge in [-0.05, 0) is 54.4 Å². The van der Waals surface area contributed by atoms with Crippen LogP contribution < -0.4 is 25.0 Å². The minimum Gasteiger partial charge on any atom is -0.550 e. The molecule has 0 fully saturated rings. The van der Waals surface area contributed by atoms with E-state index in [0.29, 0.717) is 35.9 Å². The van der Waals surface area contributed by atoms with Crippen molar-refractivity contribution in [2.24, 2.45) is 0 Å². The van der Waals surface area contributed by atoms with E-state index in [9.17, 15) is 19.5 Å². The number of carbonyl (C=O) groups excluding carboxylic acids is 3. The molecule has 1 unspecified atom stereocenters. The van der Waals surface area contributed by atoms with E-state index in [4.69, 9.17) is 9.47 Å². The highest BCUT2D eigenvalue weighted by molar-refractivity contribution is 5.92. The molecule has 2 amide bonds. The van der Waals surface area contributed by atoms with Gasteiger partial charge in [0.05, 0.1) is 12.2 Å². The van der Waals surface area contributed by atoms with Crippen LogP contribution in [-0.2, 0) is 20.9 Å². The lowest BCUT2D eigenvalue weighted by Gasteiger charge is -2.36. The van der Waals surface area contributed by atoms with Crippen LogP contribution in [0.5, 0.6) is 5.75 Å². The Balaban J connectivity index is 1.22. The van der Waals surface area contributed by atoms with Gasteiger partial charge in [0, 0.05) is 42.9 Å². The minimum absolute atomic E-state index is 0.124. The zero-order valence-corrected chi connectivity index (χ0v) is 23.4. The number of aliphatic carboxylic acids is 1. The van der Waals surface area contributed by atoms with Crippen molar-refractivity contribution >= 4 is 40.8 Å². The molecule has 0 bridgehead atoms. The van der Waals surface area contributed by atoms with Crippen molar-refractivity contribution in [1.82, 2.24) is 4.98 Å². The lowest BCUT2D eigenvalue weighted by Crippen LogP contribution is -2.41. The third kappa shape index (κ3) is 7.88. The summed E-state index contributed by atoms with van der Waals surface area (Å²) < 4.78 is 11.4. The van der Waals surface area contributed by atoms with Crippen LogP contribution >= 0.6 is 0 Å². The number of aromatic nitrogens is 1. The highest BCUT2D eigenvalue weighted by Crippen LogP contribution is 2.40. The number of hydrogen-bond acceptors (Lipinski definition) is 8. The molecule has 1 atom stereocenters. The molecule has 0 saturated heterocycles. The maximum Gasteiger partial charge on any atom is 0.415 e. The summed E-state index contributed by atoms with van der Waals surface area (Å²) in [6, 6.07) is 29.4. The SMILES string of the molecule is O=C([O-])CC1CN(c2ccccc2)c2cc(NC(=O)CCCN(C(=O)OCc3ccccc3)c3ccccn3)ccc2O1. The van der Waals surface area contributed by atoms with Crippen molar-refractivity contribution in [1.29, 1.82) is 0 Å². The van der Waals surface area contributed by atoms with E-state index in [1.54, 1.807) is 42.6 Å². The fraction of sp³-hybridized carbons (Fsp3) is 0.212. The minimum atomic E-state index is -1.18. The van der Waals surface area contributed by atoms with Crippen LogP contribution in [0.25, 0.3) is 0 Å². The molecule has 0 saturated carbocycles. The number of amides is 2. The Morgan fingerprint density at radius 2 is 1.72 bits per heavy atom. The van der Waals surface area contributed by atoms with E-state index in [2.05, 4.69) is 10.3 Å². The van der Waals surface area contributed by atoms with Crippen molar-refractivity contribution in [3.05, 3.63) is 109 Å². The molecule has 4 aromatic rings. The molecule has 1 aliphatic rings. The van der Waals surface area contributed by atoms with Crippen LogP contribution in [0.4, 0.5) is 27.7 Å². The number of carboxylic acids is 1. The Labute approximate surface area is 249 Å². The normalized spacial score (nSPS) is 13.8. The average molecular weight is 580 g/mol. The van der Waals surface area contributed by atoms with Crippen LogP contribution in [0.1, 0.15) is 24.8 Å². The van der Waals surface area contributed by atoms with Crippen molar-refractivity contribution in [2.75, 3.05) is 28.2 Å². The number of carboxylic acid groups (broad SMARTS) is 1. The number of fused-ring (bicyclic) bond motifs is 1. The molecule has 10 heteroatoms. The van der Waals surface area contributed by atoms with E-state index in [1.165, 1.54) is 4.90 Å².